The summed E-state index contributed by atoms with van der Waals surface area (Å²) in [4.78, 5) is 5.38. The number of likely N-dealkylation sites (N-methyl/N-ethyl adjacent to an activating group) is 1. The average molecular weight is 265 g/mol. The third-order valence-corrected chi connectivity index (χ3v) is 5.83. The minimum Gasteiger partial charge on any atom is -0.308 e. The fourth-order valence-electron chi connectivity index (χ4n) is 4.37. The molecular formula is C16H31N3. The minimum absolute atomic E-state index is 0.472. The molecule has 3 fully saturated rings. The minimum atomic E-state index is 0.472. The van der Waals surface area contributed by atoms with Crippen LogP contribution in [0.15, 0.2) is 0 Å². The van der Waals surface area contributed by atoms with Crippen molar-refractivity contribution in [3.63, 3.8) is 0 Å². The van der Waals surface area contributed by atoms with Crippen molar-refractivity contribution >= 4 is 0 Å². The van der Waals surface area contributed by atoms with Gasteiger partial charge >= 0.3 is 0 Å². The van der Waals surface area contributed by atoms with Gasteiger partial charge < -0.3 is 10.2 Å². The van der Waals surface area contributed by atoms with E-state index in [-0.39, 0.29) is 0 Å². The van der Waals surface area contributed by atoms with Gasteiger partial charge in [-0.2, -0.15) is 0 Å². The first kappa shape index (κ1) is 13.8. The Morgan fingerprint density at radius 1 is 1.16 bits per heavy atom. The summed E-state index contributed by atoms with van der Waals surface area (Å²) in [6.45, 7) is 7.48. The predicted molar refractivity (Wildman–Crippen MR) is 80.5 cm³/mol. The topological polar surface area (TPSA) is 18.5 Å². The fraction of sp³-hybridized carbons (Fsp3) is 1.00. The molecule has 110 valence electrons. The Morgan fingerprint density at radius 3 is 2.68 bits per heavy atom. The smallest absolute Gasteiger partial charge is 0.0309 e. The summed E-state index contributed by atoms with van der Waals surface area (Å²) in [5.41, 5.74) is 0.472. The summed E-state index contributed by atoms with van der Waals surface area (Å²) in [6.07, 6.45) is 9.89. The normalized spacial score (nSPS) is 36.9. The third kappa shape index (κ3) is 2.98. The van der Waals surface area contributed by atoms with E-state index in [1.807, 2.05) is 0 Å². The van der Waals surface area contributed by atoms with E-state index in [9.17, 15) is 0 Å². The van der Waals surface area contributed by atoms with Crippen LogP contribution >= 0.6 is 0 Å². The van der Waals surface area contributed by atoms with Crippen molar-refractivity contribution in [1.82, 2.24) is 15.1 Å². The van der Waals surface area contributed by atoms with Crippen molar-refractivity contribution in [2.75, 3.05) is 33.2 Å². The highest BCUT2D eigenvalue weighted by Crippen LogP contribution is 2.33. The first-order chi connectivity index (χ1) is 9.19. The maximum atomic E-state index is 3.87. The molecule has 0 aromatic heterocycles. The van der Waals surface area contributed by atoms with Crippen LogP contribution in [0.25, 0.3) is 0 Å². The molecule has 2 atom stereocenters. The molecule has 0 radical (unpaired) electrons. The average Bonchev–Trinajstić information content (AvgIpc) is 2.85. The molecule has 19 heavy (non-hydrogen) atoms. The zero-order valence-electron chi connectivity index (χ0n) is 12.8. The summed E-state index contributed by atoms with van der Waals surface area (Å²) in [5, 5.41) is 3.87. The molecule has 3 heteroatoms. The molecule has 3 rings (SSSR count). The van der Waals surface area contributed by atoms with Crippen LogP contribution in [0.3, 0.4) is 0 Å². The summed E-state index contributed by atoms with van der Waals surface area (Å²) in [5.74, 6) is 0. The van der Waals surface area contributed by atoms with Crippen LogP contribution in [0.5, 0.6) is 0 Å². The number of piperazine rings is 1. The Balaban J connectivity index is 1.61. The monoisotopic (exact) mass is 265 g/mol. The molecule has 0 bridgehead atoms. The Bertz CT molecular complexity index is 298. The Labute approximate surface area is 118 Å². The molecule has 1 spiro atoms. The van der Waals surface area contributed by atoms with E-state index in [1.54, 1.807) is 0 Å². The van der Waals surface area contributed by atoms with Crippen LogP contribution in [0, 0.1) is 0 Å². The van der Waals surface area contributed by atoms with E-state index in [2.05, 4.69) is 29.1 Å². The lowest BCUT2D eigenvalue weighted by atomic mass is 9.91. The highest BCUT2D eigenvalue weighted by Gasteiger charge is 2.40. The highest BCUT2D eigenvalue weighted by molar-refractivity contribution is 5.00. The predicted octanol–water partition coefficient (Wildman–Crippen LogP) is 2.08. The maximum absolute atomic E-state index is 3.87. The molecule has 1 saturated carbocycles. The molecule has 3 nitrogen and oxygen atoms in total. The van der Waals surface area contributed by atoms with Crippen molar-refractivity contribution in [3.8, 4) is 0 Å². The van der Waals surface area contributed by atoms with E-state index >= 15 is 0 Å². The molecule has 3 aliphatic rings. The summed E-state index contributed by atoms with van der Waals surface area (Å²) >= 11 is 0. The molecule has 0 amide bonds. The van der Waals surface area contributed by atoms with Gasteiger partial charge in [0.05, 0.1) is 0 Å². The molecule has 1 aliphatic carbocycles. The van der Waals surface area contributed by atoms with Gasteiger partial charge in [-0.25, -0.2) is 0 Å². The fourth-order valence-corrected chi connectivity index (χ4v) is 4.37. The van der Waals surface area contributed by atoms with Crippen LogP contribution in [-0.4, -0.2) is 60.6 Å². The summed E-state index contributed by atoms with van der Waals surface area (Å²) < 4.78 is 0. The summed E-state index contributed by atoms with van der Waals surface area (Å²) in [7, 11) is 2.32. The standard InChI is InChI=1S/C16H31N3/c1-14-11-17-16(8-4-5-9-16)13-19(14)12-15-7-3-6-10-18(15)2/h14-15,17H,3-13H2,1-2H3. The number of nitrogens with one attached hydrogen (secondary N) is 1. The SMILES string of the molecule is CC1CNC2(CCCC2)CN1CC1CCCCN1C. The Hall–Kier alpha value is -0.120. The summed E-state index contributed by atoms with van der Waals surface area (Å²) in [6, 6.07) is 1.51. The van der Waals surface area contributed by atoms with Gasteiger partial charge in [-0.3, -0.25) is 4.90 Å². The van der Waals surface area contributed by atoms with E-state index in [4.69, 9.17) is 0 Å². The molecule has 0 aromatic rings. The molecule has 0 aromatic carbocycles. The second-order valence-electron chi connectivity index (χ2n) is 7.28. The van der Waals surface area contributed by atoms with Gasteiger partial charge in [0.15, 0.2) is 0 Å². The lowest BCUT2D eigenvalue weighted by Crippen LogP contribution is -2.64. The van der Waals surface area contributed by atoms with Crippen molar-refractivity contribution in [3.05, 3.63) is 0 Å². The lowest BCUT2D eigenvalue weighted by Gasteiger charge is -2.47. The zero-order valence-corrected chi connectivity index (χ0v) is 12.8. The van der Waals surface area contributed by atoms with Crippen LogP contribution in [0.1, 0.15) is 51.9 Å². The van der Waals surface area contributed by atoms with Gasteiger partial charge in [-0.05, 0) is 46.2 Å². The van der Waals surface area contributed by atoms with E-state index < -0.39 is 0 Å². The Kier molecular flexibility index (Phi) is 4.16. The molecule has 2 aliphatic heterocycles. The number of nitrogens with zero attached hydrogens (tertiary/aromatic N) is 2. The van der Waals surface area contributed by atoms with E-state index in [0.29, 0.717) is 11.6 Å². The highest BCUT2D eigenvalue weighted by atomic mass is 15.3. The largest absolute Gasteiger partial charge is 0.308 e. The number of piperidine rings is 1. The van der Waals surface area contributed by atoms with Crippen molar-refractivity contribution < 1.29 is 0 Å². The molecule has 2 unspecified atom stereocenters. The van der Waals surface area contributed by atoms with Crippen LogP contribution in [-0.2, 0) is 0 Å². The van der Waals surface area contributed by atoms with Crippen LogP contribution < -0.4 is 5.32 Å². The van der Waals surface area contributed by atoms with Crippen LogP contribution in [0.4, 0.5) is 0 Å². The van der Waals surface area contributed by atoms with Gasteiger partial charge in [0.1, 0.15) is 0 Å². The first-order valence-corrected chi connectivity index (χ1v) is 8.38. The molecule has 2 saturated heterocycles. The van der Waals surface area contributed by atoms with Crippen molar-refractivity contribution in [2.24, 2.45) is 0 Å². The van der Waals surface area contributed by atoms with Gasteiger partial charge in [-0.1, -0.05) is 19.3 Å². The van der Waals surface area contributed by atoms with E-state index in [0.717, 1.165) is 6.04 Å². The number of likely N-dealkylation sites (tertiary alicyclic amines) is 1. The first-order valence-electron chi connectivity index (χ1n) is 8.38. The van der Waals surface area contributed by atoms with Gasteiger partial charge in [-0.15, -0.1) is 0 Å². The second-order valence-corrected chi connectivity index (χ2v) is 7.28. The Morgan fingerprint density at radius 2 is 1.95 bits per heavy atom. The molecule has 1 N–H and O–H groups in total. The quantitative estimate of drug-likeness (QED) is 0.825. The van der Waals surface area contributed by atoms with Gasteiger partial charge in [0, 0.05) is 37.3 Å². The van der Waals surface area contributed by atoms with E-state index in [1.165, 1.54) is 71.1 Å². The molecule has 2 heterocycles. The lowest BCUT2D eigenvalue weighted by molar-refractivity contribution is 0.0504. The number of hydrogen-bond acceptors (Lipinski definition) is 3. The van der Waals surface area contributed by atoms with Gasteiger partial charge in [0.2, 0.25) is 0 Å². The van der Waals surface area contributed by atoms with Gasteiger partial charge in [0.25, 0.3) is 0 Å². The number of hydrogen-bond donors (Lipinski definition) is 1. The molecular weight excluding hydrogens is 234 g/mol. The third-order valence-electron chi connectivity index (χ3n) is 5.83. The van der Waals surface area contributed by atoms with Crippen molar-refractivity contribution in [1.29, 1.82) is 0 Å². The zero-order chi connectivity index (χ0) is 13.3. The van der Waals surface area contributed by atoms with Crippen molar-refractivity contribution in [2.45, 2.75) is 69.5 Å². The maximum Gasteiger partial charge on any atom is 0.0309 e. The van der Waals surface area contributed by atoms with Crippen LogP contribution in [0.2, 0.25) is 0 Å². The second kappa shape index (κ2) is 5.71. The number of rotatable bonds is 2.